The molecule has 0 bridgehead atoms. The van der Waals surface area contributed by atoms with Gasteiger partial charge >= 0.3 is 0 Å². The SMILES string of the molecule is Cc1nn(-c2ccccc2)c(C)c1NC(=O)c1cc(S(=O)(=O)N2CCCCC2)ccc1Cl. The number of anilines is 1. The molecule has 0 radical (unpaired) electrons. The average Bonchev–Trinajstić information content (AvgIpc) is 3.08. The van der Waals surface area contributed by atoms with Crippen LogP contribution in [0.5, 0.6) is 0 Å². The lowest BCUT2D eigenvalue weighted by Gasteiger charge is -2.26. The highest BCUT2D eigenvalue weighted by molar-refractivity contribution is 7.89. The average molecular weight is 473 g/mol. The maximum absolute atomic E-state index is 13.1. The third-order valence-electron chi connectivity index (χ3n) is 5.67. The number of amides is 1. The molecule has 0 unspecified atom stereocenters. The fourth-order valence-electron chi connectivity index (χ4n) is 3.92. The number of carbonyl (C=O) groups is 1. The lowest BCUT2D eigenvalue weighted by molar-refractivity contribution is 0.102. The zero-order valence-corrected chi connectivity index (χ0v) is 19.6. The molecule has 7 nitrogen and oxygen atoms in total. The van der Waals surface area contributed by atoms with E-state index in [4.69, 9.17) is 11.6 Å². The summed E-state index contributed by atoms with van der Waals surface area (Å²) in [6, 6.07) is 13.9. The molecular weight excluding hydrogens is 448 g/mol. The highest BCUT2D eigenvalue weighted by Gasteiger charge is 2.27. The summed E-state index contributed by atoms with van der Waals surface area (Å²) in [7, 11) is -3.68. The number of nitrogens with one attached hydrogen (secondary N) is 1. The van der Waals surface area contributed by atoms with Crippen LogP contribution >= 0.6 is 11.6 Å². The summed E-state index contributed by atoms with van der Waals surface area (Å²) in [5, 5.41) is 7.59. The summed E-state index contributed by atoms with van der Waals surface area (Å²) in [6.45, 7) is 4.65. The van der Waals surface area contributed by atoms with Crippen molar-refractivity contribution in [1.82, 2.24) is 14.1 Å². The van der Waals surface area contributed by atoms with E-state index >= 15 is 0 Å². The first-order valence-corrected chi connectivity index (χ1v) is 12.3. The van der Waals surface area contributed by atoms with Crippen molar-refractivity contribution in [2.24, 2.45) is 0 Å². The second kappa shape index (κ2) is 9.05. The molecule has 4 rings (SSSR count). The van der Waals surface area contributed by atoms with Crippen LogP contribution in [-0.4, -0.2) is 41.5 Å². The number of nitrogens with zero attached hydrogens (tertiary/aromatic N) is 3. The number of aryl methyl sites for hydroxylation is 1. The van der Waals surface area contributed by atoms with Crippen LogP contribution < -0.4 is 5.32 Å². The fraction of sp³-hybridized carbons (Fsp3) is 0.304. The van der Waals surface area contributed by atoms with Crippen LogP contribution in [0.1, 0.15) is 41.0 Å². The lowest BCUT2D eigenvalue weighted by atomic mass is 10.2. The van der Waals surface area contributed by atoms with Crippen molar-refractivity contribution in [2.45, 2.75) is 38.0 Å². The Balaban J connectivity index is 1.63. The lowest BCUT2D eigenvalue weighted by Crippen LogP contribution is -2.35. The van der Waals surface area contributed by atoms with Gasteiger partial charge in [0, 0.05) is 13.1 Å². The van der Waals surface area contributed by atoms with Crippen LogP contribution in [0.15, 0.2) is 53.4 Å². The second-order valence-electron chi connectivity index (χ2n) is 7.85. The number of carbonyl (C=O) groups excluding carboxylic acids is 1. The number of aromatic nitrogens is 2. The normalized spacial score (nSPS) is 15.0. The van der Waals surface area contributed by atoms with Gasteiger partial charge in [0.1, 0.15) is 0 Å². The van der Waals surface area contributed by atoms with Crippen LogP contribution in [0.3, 0.4) is 0 Å². The second-order valence-corrected chi connectivity index (χ2v) is 10.2. The summed E-state index contributed by atoms with van der Waals surface area (Å²) < 4.78 is 29.3. The molecule has 3 aromatic rings. The number of hydrogen-bond donors (Lipinski definition) is 1. The summed E-state index contributed by atoms with van der Waals surface area (Å²) >= 11 is 6.28. The Kier molecular flexibility index (Phi) is 6.37. The molecule has 9 heteroatoms. The maximum Gasteiger partial charge on any atom is 0.257 e. The van der Waals surface area contributed by atoms with E-state index in [1.165, 1.54) is 22.5 Å². The summed E-state index contributed by atoms with van der Waals surface area (Å²) in [5.41, 5.74) is 2.96. The van der Waals surface area contributed by atoms with E-state index in [0.29, 0.717) is 24.5 Å². The minimum Gasteiger partial charge on any atom is -0.319 e. The Labute approximate surface area is 193 Å². The van der Waals surface area contributed by atoms with Gasteiger partial charge in [0.2, 0.25) is 10.0 Å². The van der Waals surface area contributed by atoms with Crippen LogP contribution in [-0.2, 0) is 10.0 Å². The number of piperidine rings is 1. The predicted octanol–water partition coefficient (Wildman–Crippen LogP) is 4.57. The quantitative estimate of drug-likeness (QED) is 0.589. The molecule has 2 aromatic carbocycles. The van der Waals surface area contributed by atoms with Gasteiger partial charge in [0.25, 0.3) is 5.91 Å². The van der Waals surface area contributed by atoms with Gasteiger partial charge in [-0.25, -0.2) is 13.1 Å². The fourth-order valence-corrected chi connectivity index (χ4v) is 5.67. The van der Waals surface area contributed by atoms with Crippen molar-refractivity contribution in [3.63, 3.8) is 0 Å². The molecule has 1 aromatic heterocycles. The summed E-state index contributed by atoms with van der Waals surface area (Å²) in [5.74, 6) is -0.482. The minimum absolute atomic E-state index is 0.0716. The first-order valence-electron chi connectivity index (χ1n) is 10.5. The van der Waals surface area contributed by atoms with Crippen molar-refractivity contribution in [2.75, 3.05) is 18.4 Å². The first kappa shape index (κ1) is 22.5. The molecule has 1 aliphatic rings. The molecule has 1 N–H and O–H groups in total. The summed E-state index contributed by atoms with van der Waals surface area (Å²) in [4.78, 5) is 13.2. The van der Waals surface area contributed by atoms with E-state index in [9.17, 15) is 13.2 Å². The van der Waals surface area contributed by atoms with Crippen molar-refractivity contribution >= 4 is 33.2 Å². The van der Waals surface area contributed by atoms with Gasteiger partial charge in [0.15, 0.2) is 0 Å². The maximum atomic E-state index is 13.1. The van der Waals surface area contributed by atoms with Gasteiger partial charge < -0.3 is 5.32 Å². The van der Waals surface area contributed by atoms with Crippen LogP contribution in [0, 0.1) is 13.8 Å². The number of halogens is 1. The van der Waals surface area contributed by atoms with Gasteiger partial charge in [-0.3, -0.25) is 4.79 Å². The van der Waals surface area contributed by atoms with Crippen LogP contribution in [0.25, 0.3) is 5.69 Å². The van der Waals surface area contributed by atoms with E-state index in [1.807, 2.05) is 37.3 Å². The zero-order chi connectivity index (χ0) is 22.9. The Bertz CT molecular complexity index is 1250. The summed E-state index contributed by atoms with van der Waals surface area (Å²) in [6.07, 6.45) is 2.70. The van der Waals surface area contributed by atoms with Crippen molar-refractivity contribution in [1.29, 1.82) is 0 Å². The molecular formula is C23H25ClN4O3S. The minimum atomic E-state index is -3.68. The molecule has 2 heterocycles. The number of benzene rings is 2. The predicted molar refractivity (Wildman–Crippen MR) is 125 cm³/mol. The molecule has 1 amide bonds. The molecule has 0 saturated carbocycles. The van der Waals surface area contributed by atoms with Gasteiger partial charge in [-0.1, -0.05) is 36.2 Å². The van der Waals surface area contributed by atoms with E-state index < -0.39 is 15.9 Å². The smallest absolute Gasteiger partial charge is 0.257 e. The highest BCUT2D eigenvalue weighted by atomic mass is 35.5. The van der Waals surface area contributed by atoms with E-state index in [-0.39, 0.29) is 15.5 Å². The van der Waals surface area contributed by atoms with Crippen molar-refractivity contribution in [3.05, 3.63) is 70.5 Å². The van der Waals surface area contributed by atoms with Crippen molar-refractivity contribution < 1.29 is 13.2 Å². The van der Waals surface area contributed by atoms with E-state index in [2.05, 4.69) is 10.4 Å². The zero-order valence-electron chi connectivity index (χ0n) is 18.0. The number of hydrogen-bond acceptors (Lipinski definition) is 4. The molecule has 0 spiro atoms. The van der Waals surface area contributed by atoms with E-state index in [1.54, 1.807) is 11.6 Å². The van der Waals surface area contributed by atoms with Gasteiger partial charge in [0.05, 0.1) is 38.2 Å². The van der Waals surface area contributed by atoms with Crippen LogP contribution in [0.4, 0.5) is 5.69 Å². The highest BCUT2D eigenvalue weighted by Crippen LogP contribution is 2.28. The molecule has 32 heavy (non-hydrogen) atoms. The standard InChI is InChI=1S/C23H25ClN4O3S/c1-16-22(17(2)28(26-16)18-9-5-3-6-10-18)25-23(29)20-15-19(11-12-21(20)24)32(30,31)27-13-7-4-8-14-27/h3,5-6,9-12,15H,4,7-8,13-14H2,1-2H3,(H,25,29). The third kappa shape index (κ3) is 4.30. The molecule has 0 aliphatic carbocycles. The van der Waals surface area contributed by atoms with E-state index in [0.717, 1.165) is 30.6 Å². The van der Waals surface area contributed by atoms with Gasteiger partial charge in [-0.15, -0.1) is 0 Å². The number of sulfonamides is 1. The molecule has 1 fully saturated rings. The Morgan fingerprint density at radius 1 is 1.03 bits per heavy atom. The largest absolute Gasteiger partial charge is 0.319 e. The molecule has 1 saturated heterocycles. The topological polar surface area (TPSA) is 84.3 Å². The first-order chi connectivity index (χ1) is 15.3. The Morgan fingerprint density at radius 2 is 1.72 bits per heavy atom. The molecule has 168 valence electrons. The Hall–Kier alpha value is -2.68. The number of rotatable bonds is 5. The number of para-hydroxylation sites is 1. The molecule has 1 aliphatic heterocycles. The van der Waals surface area contributed by atoms with Crippen LogP contribution in [0.2, 0.25) is 5.02 Å². The van der Waals surface area contributed by atoms with Gasteiger partial charge in [-0.2, -0.15) is 9.40 Å². The third-order valence-corrected chi connectivity index (χ3v) is 7.89. The Morgan fingerprint density at radius 3 is 2.41 bits per heavy atom. The van der Waals surface area contributed by atoms with Gasteiger partial charge in [-0.05, 0) is 57.0 Å². The monoisotopic (exact) mass is 472 g/mol. The van der Waals surface area contributed by atoms with Crippen molar-refractivity contribution in [3.8, 4) is 5.69 Å². The molecule has 0 atom stereocenters.